The summed E-state index contributed by atoms with van der Waals surface area (Å²) in [6.07, 6.45) is 4.74. The van der Waals surface area contributed by atoms with Crippen molar-refractivity contribution in [2.45, 2.75) is 0 Å². The van der Waals surface area contributed by atoms with Crippen LogP contribution in [-0.2, 0) is 0 Å². The summed E-state index contributed by atoms with van der Waals surface area (Å²) in [6, 6.07) is 3.94. The van der Waals surface area contributed by atoms with Crippen molar-refractivity contribution in [3.63, 3.8) is 0 Å². The second kappa shape index (κ2) is 4.60. The molecule has 0 aliphatic carbocycles. The molecule has 4 aromatic heterocycles. The van der Waals surface area contributed by atoms with E-state index in [2.05, 4.69) is 25.1 Å². The average Bonchev–Trinajstić information content (AvgIpc) is 3.16. The van der Waals surface area contributed by atoms with Crippen molar-refractivity contribution in [3.05, 3.63) is 36.1 Å². The fourth-order valence-electron chi connectivity index (χ4n) is 1.92. The van der Waals surface area contributed by atoms with Crippen LogP contribution in [0.15, 0.2) is 40.6 Å². The number of pyridine rings is 1. The quantitative estimate of drug-likeness (QED) is 0.605. The predicted octanol–water partition coefficient (Wildman–Crippen LogP) is 2.39. The predicted molar refractivity (Wildman–Crippen MR) is 78.4 cm³/mol. The van der Waals surface area contributed by atoms with E-state index in [9.17, 15) is 0 Å². The van der Waals surface area contributed by atoms with E-state index in [-0.39, 0.29) is 11.7 Å². The Kier molecular flexibility index (Phi) is 2.61. The Morgan fingerprint density at radius 2 is 2.05 bits per heavy atom. The number of nitrogens with zero attached hydrogens (tertiary/aromatic N) is 5. The van der Waals surface area contributed by atoms with Gasteiger partial charge in [0.2, 0.25) is 5.82 Å². The molecule has 8 heteroatoms. The van der Waals surface area contributed by atoms with Gasteiger partial charge in [0.15, 0.2) is 11.5 Å². The number of fused-ring (bicyclic) bond motifs is 1. The summed E-state index contributed by atoms with van der Waals surface area (Å²) in [6.45, 7) is 0. The van der Waals surface area contributed by atoms with Gasteiger partial charge in [0.1, 0.15) is 0 Å². The molecule has 4 aromatic rings. The zero-order valence-corrected chi connectivity index (χ0v) is 11.4. The molecule has 21 heavy (non-hydrogen) atoms. The number of rotatable bonds is 2. The molecule has 0 amide bonds. The molecule has 0 saturated heterocycles. The lowest BCUT2D eigenvalue weighted by Gasteiger charge is -1.96. The summed E-state index contributed by atoms with van der Waals surface area (Å²) in [5.74, 6) is 0.930. The van der Waals surface area contributed by atoms with Crippen molar-refractivity contribution in [2.24, 2.45) is 0 Å². The minimum atomic E-state index is 0.238. The number of anilines is 1. The smallest absolute Gasteiger partial charge is 0.280 e. The first-order valence-electron chi connectivity index (χ1n) is 6.05. The van der Waals surface area contributed by atoms with E-state index in [0.29, 0.717) is 11.5 Å². The van der Waals surface area contributed by atoms with E-state index < -0.39 is 0 Å². The third kappa shape index (κ3) is 2.01. The molecule has 0 aliphatic heterocycles. The first kappa shape index (κ1) is 11.9. The average molecular weight is 296 g/mol. The highest BCUT2D eigenvalue weighted by molar-refractivity contribution is 7.17. The lowest BCUT2D eigenvalue weighted by atomic mass is 10.2. The van der Waals surface area contributed by atoms with E-state index >= 15 is 0 Å². The van der Waals surface area contributed by atoms with E-state index in [4.69, 9.17) is 10.3 Å². The van der Waals surface area contributed by atoms with Crippen LogP contribution in [0.3, 0.4) is 0 Å². The van der Waals surface area contributed by atoms with Crippen LogP contribution < -0.4 is 5.73 Å². The van der Waals surface area contributed by atoms with Crippen molar-refractivity contribution >= 4 is 27.4 Å². The fourth-order valence-corrected chi connectivity index (χ4v) is 2.70. The molecule has 4 heterocycles. The maximum absolute atomic E-state index is 5.75. The van der Waals surface area contributed by atoms with Gasteiger partial charge in [0.05, 0.1) is 10.2 Å². The monoisotopic (exact) mass is 296 g/mol. The van der Waals surface area contributed by atoms with Crippen molar-refractivity contribution < 1.29 is 4.52 Å². The summed E-state index contributed by atoms with van der Waals surface area (Å²) in [7, 11) is 0. The van der Waals surface area contributed by atoms with Crippen LogP contribution in [0.5, 0.6) is 0 Å². The van der Waals surface area contributed by atoms with E-state index in [1.54, 1.807) is 17.5 Å². The van der Waals surface area contributed by atoms with Gasteiger partial charge >= 0.3 is 0 Å². The van der Waals surface area contributed by atoms with Gasteiger partial charge in [0, 0.05) is 24.2 Å². The fraction of sp³-hybridized carbons (Fsp3) is 0. The van der Waals surface area contributed by atoms with Gasteiger partial charge in [-0.1, -0.05) is 5.16 Å². The van der Waals surface area contributed by atoms with Gasteiger partial charge < -0.3 is 10.3 Å². The topological polar surface area (TPSA) is 104 Å². The highest BCUT2D eigenvalue weighted by Crippen LogP contribution is 2.26. The molecule has 0 atom stereocenters. The lowest BCUT2D eigenvalue weighted by Crippen LogP contribution is -1.96. The number of nitrogen functional groups attached to an aromatic ring is 1. The molecule has 102 valence electrons. The van der Waals surface area contributed by atoms with Crippen LogP contribution in [-0.4, -0.2) is 25.1 Å². The summed E-state index contributed by atoms with van der Waals surface area (Å²) < 4.78 is 6.28. The van der Waals surface area contributed by atoms with Crippen molar-refractivity contribution in [1.29, 1.82) is 0 Å². The summed E-state index contributed by atoms with van der Waals surface area (Å²) in [4.78, 5) is 16.7. The first-order chi connectivity index (χ1) is 10.3. The molecule has 0 aliphatic rings. The molecular formula is C13H8N6OS. The normalized spacial score (nSPS) is 11.0. The standard InChI is InChI=1S/C13H8N6OS/c14-11-10(15-2-3-16-11)13-18-12(19-20-13)7-5-9-8(17-6-7)1-4-21-9/h1-6H,(H2,14,16). The molecule has 0 radical (unpaired) electrons. The molecule has 0 spiro atoms. The van der Waals surface area contributed by atoms with E-state index in [1.165, 1.54) is 12.4 Å². The highest BCUT2D eigenvalue weighted by atomic mass is 32.1. The third-order valence-corrected chi connectivity index (χ3v) is 3.77. The Bertz CT molecular complexity index is 931. The largest absolute Gasteiger partial charge is 0.382 e. The number of aromatic nitrogens is 5. The van der Waals surface area contributed by atoms with Gasteiger partial charge in [-0.2, -0.15) is 4.98 Å². The Morgan fingerprint density at radius 3 is 2.95 bits per heavy atom. The number of thiophene rings is 1. The van der Waals surface area contributed by atoms with Crippen LogP contribution in [0.25, 0.3) is 33.2 Å². The Morgan fingerprint density at radius 1 is 1.14 bits per heavy atom. The molecular weight excluding hydrogens is 288 g/mol. The SMILES string of the molecule is Nc1nccnc1-c1nc(-c2cnc3ccsc3c2)no1. The Labute approximate surface area is 122 Å². The summed E-state index contributed by atoms with van der Waals surface area (Å²) in [5, 5.41) is 5.94. The number of hydrogen-bond donors (Lipinski definition) is 1. The van der Waals surface area contributed by atoms with Gasteiger partial charge in [-0.05, 0) is 17.5 Å². The molecule has 0 fully saturated rings. The van der Waals surface area contributed by atoms with Crippen LogP contribution in [0.1, 0.15) is 0 Å². The van der Waals surface area contributed by atoms with Crippen LogP contribution >= 0.6 is 11.3 Å². The molecule has 0 unspecified atom stereocenters. The zero-order chi connectivity index (χ0) is 14.2. The second-order valence-electron chi connectivity index (χ2n) is 4.24. The van der Waals surface area contributed by atoms with Gasteiger partial charge in [0.25, 0.3) is 5.89 Å². The van der Waals surface area contributed by atoms with E-state index in [1.807, 2.05) is 17.5 Å². The van der Waals surface area contributed by atoms with Crippen molar-refractivity contribution in [2.75, 3.05) is 5.73 Å². The molecule has 7 nitrogen and oxygen atoms in total. The maximum Gasteiger partial charge on any atom is 0.280 e. The minimum absolute atomic E-state index is 0.238. The van der Waals surface area contributed by atoms with Gasteiger partial charge in [-0.15, -0.1) is 11.3 Å². The molecule has 0 aromatic carbocycles. The number of nitrogens with two attached hydrogens (primary N) is 1. The summed E-state index contributed by atoms with van der Waals surface area (Å²) in [5.41, 5.74) is 7.85. The molecule has 2 N–H and O–H groups in total. The second-order valence-corrected chi connectivity index (χ2v) is 5.19. The maximum atomic E-state index is 5.75. The minimum Gasteiger partial charge on any atom is -0.382 e. The molecule has 0 bridgehead atoms. The molecule has 0 saturated carbocycles. The van der Waals surface area contributed by atoms with Crippen LogP contribution in [0.4, 0.5) is 5.82 Å². The Hall–Kier alpha value is -2.87. The highest BCUT2D eigenvalue weighted by Gasteiger charge is 2.15. The van der Waals surface area contributed by atoms with Crippen molar-refractivity contribution in [1.82, 2.24) is 25.1 Å². The zero-order valence-electron chi connectivity index (χ0n) is 10.6. The van der Waals surface area contributed by atoms with Gasteiger partial charge in [-0.25, -0.2) is 9.97 Å². The third-order valence-electron chi connectivity index (χ3n) is 2.92. The van der Waals surface area contributed by atoms with Crippen LogP contribution in [0, 0.1) is 0 Å². The van der Waals surface area contributed by atoms with Crippen LogP contribution in [0.2, 0.25) is 0 Å². The van der Waals surface area contributed by atoms with Gasteiger partial charge in [-0.3, -0.25) is 4.98 Å². The first-order valence-corrected chi connectivity index (χ1v) is 6.93. The number of hydrogen-bond acceptors (Lipinski definition) is 8. The van der Waals surface area contributed by atoms with Crippen molar-refractivity contribution in [3.8, 4) is 23.0 Å². The lowest BCUT2D eigenvalue weighted by molar-refractivity contribution is 0.431. The summed E-state index contributed by atoms with van der Waals surface area (Å²) >= 11 is 1.61. The molecule has 4 rings (SSSR count). The van der Waals surface area contributed by atoms with E-state index in [0.717, 1.165) is 15.8 Å². The Balaban J connectivity index is 1.78.